The van der Waals surface area contributed by atoms with Crippen LogP contribution >= 0.6 is 23.2 Å². The molecule has 6 nitrogen and oxygen atoms in total. The third-order valence-electron chi connectivity index (χ3n) is 4.28. The molecule has 0 aromatic heterocycles. The number of esters is 1. The number of nitrogens with zero attached hydrogens (tertiary/aromatic N) is 1. The summed E-state index contributed by atoms with van der Waals surface area (Å²) >= 11 is 11.8. The molecule has 27 heavy (non-hydrogen) atoms. The fourth-order valence-corrected chi connectivity index (χ4v) is 5.11. The molecule has 0 spiro atoms. The number of likely N-dealkylation sites (N-methyl/N-ethyl adjacent to an activating group) is 1. The molecule has 0 saturated carbocycles. The fourth-order valence-electron chi connectivity index (χ4n) is 2.91. The van der Waals surface area contributed by atoms with Gasteiger partial charge in [-0.05, 0) is 44.0 Å². The van der Waals surface area contributed by atoms with Gasteiger partial charge in [-0.3, -0.25) is 4.79 Å². The van der Waals surface area contributed by atoms with Crippen LogP contribution in [0.2, 0.25) is 10.0 Å². The molecular formula is C18H21Cl2NO5S. The summed E-state index contributed by atoms with van der Waals surface area (Å²) < 4.78 is 28.5. The first-order chi connectivity index (χ1) is 12.6. The van der Waals surface area contributed by atoms with Crippen LogP contribution in [0.15, 0.2) is 24.3 Å². The average molecular weight is 434 g/mol. The van der Waals surface area contributed by atoms with Gasteiger partial charge < -0.3 is 9.64 Å². The minimum Gasteiger partial charge on any atom is -0.449 e. The largest absolute Gasteiger partial charge is 0.449 e. The van der Waals surface area contributed by atoms with E-state index in [0.717, 1.165) is 0 Å². The Hall–Kier alpha value is -1.57. The molecule has 0 aliphatic carbocycles. The van der Waals surface area contributed by atoms with Crippen LogP contribution in [0.3, 0.4) is 0 Å². The number of benzene rings is 1. The molecule has 1 aromatic rings. The molecule has 2 rings (SSSR count). The lowest BCUT2D eigenvalue weighted by atomic mass is 10.2. The summed E-state index contributed by atoms with van der Waals surface area (Å²) in [7, 11) is -3.11. The van der Waals surface area contributed by atoms with Crippen molar-refractivity contribution >= 4 is 51.0 Å². The van der Waals surface area contributed by atoms with Gasteiger partial charge in [-0.2, -0.15) is 0 Å². The Balaban J connectivity index is 1.98. The van der Waals surface area contributed by atoms with Gasteiger partial charge in [0.05, 0.1) is 11.5 Å². The third-order valence-corrected chi connectivity index (χ3v) is 6.59. The molecule has 148 valence electrons. The van der Waals surface area contributed by atoms with Crippen molar-refractivity contribution in [1.82, 2.24) is 4.90 Å². The minimum atomic E-state index is -3.11. The van der Waals surface area contributed by atoms with Gasteiger partial charge in [0.2, 0.25) is 0 Å². The highest BCUT2D eigenvalue weighted by molar-refractivity contribution is 7.91. The molecule has 0 bridgehead atoms. The summed E-state index contributed by atoms with van der Waals surface area (Å²) in [4.78, 5) is 26.0. The molecule has 1 aliphatic heterocycles. The molecule has 1 fully saturated rings. The van der Waals surface area contributed by atoms with Crippen LogP contribution in [0.4, 0.5) is 0 Å². The second-order valence-corrected chi connectivity index (χ2v) is 9.33. The number of carbonyl (C=O) groups is 2. The number of sulfone groups is 1. The molecule has 0 radical (unpaired) electrons. The molecule has 1 amide bonds. The van der Waals surface area contributed by atoms with Crippen molar-refractivity contribution in [3.05, 3.63) is 39.9 Å². The molecule has 2 atom stereocenters. The highest BCUT2D eigenvalue weighted by atomic mass is 35.5. The summed E-state index contributed by atoms with van der Waals surface area (Å²) in [5.41, 5.74) is 0.586. The van der Waals surface area contributed by atoms with Gasteiger partial charge in [0.15, 0.2) is 15.9 Å². The van der Waals surface area contributed by atoms with Crippen molar-refractivity contribution in [2.75, 3.05) is 18.1 Å². The summed E-state index contributed by atoms with van der Waals surface area (Å²) in [5.74, 6) is -1.09. The maximum absolute atomic E-state index is 12.6. The van der Waals surface area contributed by atoms with Crippen molar-refractivity contribution in [2.24, 2.45) is 0 Å². The van der Waals surface area contributed by atoms with Crippen LogP contribution in [0.1, 0.15) is 25.8 Å². The van der Waals surface area contributed by atoms with Crippen molar-refractivity contribution in [3.8, 4) is 0 Å². The first kappa shape index (κ1) is 21.7. The standard InChI is InChI=1S/C18H21Cl2NO5S/c1-3-21(15-8-9-27(24,25)11-15)18(23)12(2)26-17(22)7-5-13-4-6-14(19)10-16(13)20/h4-7,10,12,15H,3,8-9,11H2,1-2H3/b7-5+. The van der Waals surface area contributed by atoms with Gasteiger partial charge in [-0.25, -0.2) is 13.2 Å². The predicted molar refractivity (Wildman–Crippen MR) is 105 cm³/mol. The highest BCUT2D eigenvalue weighted by Crippen LogP contribution is 2.22. The average Bonchev–Trinajstić information content (AvgIpc) is 2.94. The van der Waals surface area contributed by atoms with Crippen LogP contribution in [-0.2, 0) is 24.2 Å². The predicted octanol–water partition coefficient (Wildman–Crippen LogP) is 2.97. The quantitative estimate of drug-likeness (QED) is 0.508. The Kier molecular flexibility index (Phi) is 7.31. The van der Waals surface area contributed by atoms with E-state index in [1.165, 1.54) is 24.0 Å². The topological polar surface area (TPSA) is 80.8 Å². The first-order valence-corrected chi connectivity index (χ1v) is 11.1. The van der Waals surface area contributed by atoms with E-state index in [9.17, 15) is 18.0 Å². The van der Waals surface area contributed by atoms with Crippen molar-refractivity contribution in [1.29, 1.82) is 0 Å². The minimum absolute atomic E-state index is 0.0534. The molecule has 9 heteroatoms. The van der Waals surface area contributed by atoms with Gasteiger partial charge in [0.25, 0.3) is 5.91 Å². The van der Waals surface area contributed by atoms with Gasteiger partial charge in [0, 0.05) is 28.7 Å². The summed E-state index contributed by atoms with van der Waals surface area (Å²) in [6.07, 6.45) is 2.03. The van der Waals surface area contributed by atoms with Crippen molar-refractivity contribution < 1.29 is 22.7 Å². The van der Waals surface area contributed by atoms with Crippen molar-refractivity contribution in [3.63, 3.8) is 0 Å². The van der Waals surface area contributed by atoms with E-state index >= 15 is 0 Å². The Morgan fingerprint density at radius 3 is 2.63 bits per heavy atom. The molecule has 0 N–H and O–H groups in total. The normalized spacial score (nSPS) is 19.8. The second kappa shape index (κ2) is 9.08. The molecule has 1 heterocycles. The monoisotopic (exact) mass is 433 g/mol. The fraction of sp³-hybridized carbons (Fsp3) is 0.444. The zero-order valence-electron chi connectivity index (χ0n) is 15.0. The summed E-state index contributed by atoms with van der Waals surface area (Å²) in [6, 6.07) is 4.47. The summed E-state index contributed by atoms with van der Waals surface area (Å²) in [6.45, 7) is 3.58. The van der Waals surface area contributed by atoms with E-state index in [0.29, 0.717) is 28.6 Å². The number of carbonyl (C=O) groups excluding carboxylic acids is 2. The van der Waals surface area contributed by atoms with E-state index in [1.807, 2.05) is 0 Å². The van der Waals surface area contributed by atoms with Crippen LogP contribution in [0.5, 0.6) is 0 Å². The van der Waals surface area contributed by atoms with Crippen LogP contribution in [0, 0.1) is 0 Å². The van der Waals surface area contributed by atoms with Gasteiger partial charge in [0.1, 0.15) is 0 Å². The maximum Gasteiger partial charge on any atom is 0.331 e. The van der Waals surface area contributed by atoms with Crippen LogP contribution in [-0.4, -0.2) is 55.4 Å². The smallest absolute Gasteiger partial charge is 0.331 e. The number of halogens is 2. The lowest BCUT2D eigenvalue weighted by Crippen LogP contribution is -2.46. The molecule has 2 unspecified atom stereocenters. The Bertz CT molecular complexity index is 853. The number of rotatable bonds is 6. The van der Waals surface area contributed by atoms with Crippen LogP contribution < -0.4 is 0 Å². The Morgan fingerprint density at radius 2 is 2.07 bits per heavy atom. The SMILES string of the molecule is CCN(C(=O)C(C)OC(=O)/C=C/c1ccc(Cl)cc1Cl)C1CCS(=O)(=O)C1. The zero-order valence-corrected chi connectivity index (χ0v) is 17.4. The van der Waals surface area contributed by atoms with Gasteiger partial charge >= 0.3 is 5.97 Å². The number of hydrogen-bond acceptors (Lipinski definition) is 5. The highest BCUT2D eigenvalue weighted by Gasteiger charge is 2.36. The van der Waals surface area contributed by atoms with E-state index in [2.05, 4.69) is 0 Å². The lowest BCUT2D eigenvalue weighted by Gasteiger charge is -2.29. The lowest BCUT2D eigenvalue weighted by molar-refractivity contribution is -0.156. The molecule has 1 saturated heterocycles. The first-order valence-electron chi connectivity index (χ1n) is 8.47. The van der Waals surface area contributed by atoms with E-state index in [-0.39, 0.29) is 17.5 Å². The van der Waals surface area contributed by atoms with Crippen molar-refractivity contribution in [2.45, 2.75) is 32.4 Å². The van der Waals surface area contributed by atoms with Gasteiger partial charge in [-0.15, -0.1) is 0 Å². The number of hydrogen-bond donors (Lipinski definition) is 0. The summed E-state index contributed by atoms with van der Waals surface area (Å²) in [5, 5.41) is 0.864. The second-order valence-electron chi connectivity index (χ2n) is 6.26. The van der Waals surface area contributed by atoms with E-state index in [1.54, 1.807) is 25.1 Å². The van der Waals surface area contributed by atoms with Gasteiger partial charge in [-0.1, -0.05) is 29.3 Å². The van der Waals surface area contributed by atoms with E-state index < -0.39 is 27.8 Å². The Morgan fingerprint density at radius 1 is 1.37 bits per heavy atom. The third kappa shape index (κ3) is 5.96. The maximum atomic E-state index is 12.6. The molecular weight excluding hydrogens is 413 g/mol. The van der Waals surface area contributed by atoms with E-state index in [4.69, 9.17) is 27.9 Å². The number of amides is 1. The zero-order chi connectivity index (χ0) is 20.2. The number of ether oxygens (including phenoxy) is 1. The molecule has 1 aromatic carbocycles. The molecule has 1 aliphatic rings. The Labute approximate surface area is 169 Å². The van der Waals surface area contributed by atoms with Crippen LogP contribution in [0.25, 0.3) is 6.08 Å².